The summed E-state index contributed by atoms with van der Waals surface area (Å²) in [5.74, 6) is 0.116. The van der Waals surface area contributed by atoms with E-state index in [1.54, 1.807) is 0 Å². The molecule has 0 radical (unpaired) electrons. The Hall–Kier alpha value is -1.77. The van der Waals surface area contributed by atoms with Crippen molar-refractivity contribution in [1.29, 1.82) is 0 Å². The van der Waals surface area contributed by atoms with Gasteiger partial charge in [0.15, 0.2) is 0 Å². The van der Waals surface area contributed by atoms with E-state index in [1.807, 2.05) is 0 Å². The largest absolute Gasteiger partial charge is 0.467 e. The molecule has 0 aromatic rings. The van der Waals surface area contributed by atoms with Crippen molar-refractivity contribution in [2.24, 2.45) is 11.3 Å². The molecule has 0 aromatic carbocycles. The van der Waals surface area contributed by atoms with E-state index in [2.05, 4.69) is 26.1 Å². The van der Waals surface area contributed by atoms with Gasteiger partial charge in [0, 0.05) is 5.75 Å². The summed E-state index contributed by atoms with van der Waals surface area (Å²) in [4.78, 5) is 52.7. The van der Waals surface area contributed by atoms with E-state index in [9.17, 15) is 19.2 Å². The zero-order chi connectivity index (χ0) is 21.4. The Morgan fingerprint density at radius 3 is 2.52 bits per heavy atom. The number of carbonyl (C=O) groups excluding carboxylic acids is 4. The van der Waals surface area contributed by atoms with Crippen molar-refractivity contribution in [3.8, 4) is 0 Å². The Labute approximate surface area is 176 Å². The van der Waals surface area contributed by atoms with Crippen LogP contribution in [-0.4, -0.2) is 70.5 Å². The predicted octanol–water partition coefficient (Wildman–Crippen LogP) is 1.98. The number of imide groups is 1. The van der Waals surface area contributed by atoms with E-state index in [-0.39, 0.29) is 17.9 Å². The molecule has 4 amide bonds. The number of urea groups is 1. The number of hydrogen-bond donors (Lipinski definition) is 1. The van der Waals surface area contributed by atoms with Crippen LogP contribution in [0.15, 0.2) is 0 Å². The molecule has 3 aliphatic rings. The summed E-state index contributed by atoms with van der Waals surface area (Å²) in [6.45, 7) is 6.34. The second-order valence-corrected chi connectivity index (χ2v) is 9.92. The molecule has 0 bridgehead atoms. The Morgan fingerprint density at radius 2 is 1.93 bits per heavy atom. The van der Waals surface area contributed by atoms with Crippen LogP contribution < -0.4 is 5.32 Å². The number of ether oxygens (including phenoxy) is 1. The number of nitrogens with one attached hydrogen (secondary N) is 1. The predicted molar refractivity (Wildman–Crippen MR) is 109 cm³/mol. The van der Waals surface area contributed by atoms with Crippen LogP contribution in [0.25, 0.3) is 0 Å². The Balaban J connectivity index is 1.66. The third kappa shape index (κ3) is 3.98. The van der Waals surface area contributed by atoms with Gasteiger partial charge in [0.2, 0.25) is 5.91 Å². The van der Waals surface area contributed by atoms with Crippen molar-refractivity contribution in [3.05, 3.63) is 0 Å². The van der Waals surface area contributed by atoms with Crippen LogP contribution >= 0.6 is 11.8 Å². The lowest BCUT2D eigenvalue weighted by Gasteiger charge is -2.42. The third-order valence-corrected chi connectivity index (χ3v) is 8.08. The molecule has 2 saturated heterocycles. The van der Waals surface area contributed by atoms with Gasteiger partial charge in [0.05, 0.1) is 13.0 Å². The van der Waals surface area contributed by atoms with Gasteiger partial charge < -0.3 is 15.0 Å². The standard InChI is InChI=1S/C20H31N3O5S/c1-5-19(2,3)13-6-8-20(9-7-13)17(26)22(18(27)21-20)10-15(24)23-12-29-11-14(23)16(25)28-4/h13-14H,5-12H2,1-4H3,(H,21,27). The first-order valence-electron chi connectivity index (χ1n) is 10.2. The van der Waals surface area contributed by atoms with E-state index >= 15 is 0 Å². The number of amides is 4. The SMILES string of the molecule is CCC(C)(C)C1CCC2(CC1)NC(=O)N(CC(=O)N1CSCC1C(=O)OC)C2=O. The monoisotopic (exact) mass is 425 g/mol. The summed E-state index contributed by atoms with van der Waals surface area (Å²) in [5.41, 5.74) is -0.682. The fraction of sp³-hybridized carbons (Fsp3) is 0.800. The fourth-order valence-corrected chi connectivity index (χ4v) is 5.75. The van der Waals surface area contributed by atoms with Crippen molar-refractivity contribution < 1.29 is 23.9 Å². The highest BCUT2D eigenvalue weighted by Crippen LogP contribution is 2.45. The molecule has 8 nitrogen and oxygen atoms in total. The zero-order valence-corrected chi connectivity index (χ0v) is 18.5. The molecule has 3 fully saturated rings. The molecule has 1 N–H and O–H groups in total. The van der Waals surface area contributed by atoms with Crippen molar-refractivity contribution in [3.63, 3.8) is 0 Å². The Kier molecular flexibility index (Phi) is 6.17. The first-order chi connectivity index (χ1) is 13.6. The molecular formula is C20H31N3O5S. The highest BCUT2D eigenvalue weighted by atomic mass is 32.2. The molecule has 1 spiro atoms. The highest BCUT2D eigenvalue weighted by molar-refractivity contribution is 7.99. The van der Waals surface area contributed by atoms with E-state index in [4.69, 9.17) is 4.74 Å². The molecule has 9 heteroatoms. The van der Waals surface area contributed by atoms with Gasteiger partial charge >= 0.3 is 12.0 Å². The maximum absolute atomic E-state index is 13.1. The number of carbonyl (C=O) groups is 4. The summed E-state index contributed by atoms with van der Waals surface area (Å²) < 4.78 is 4.76. The molecule has 3 rings (SSSR count). The van der Waals surface area contributed by atoms with Crippen molar-refractivity contribution in [1.82, 2.24) is 15.1 Å². The number of esters is 1. The average Bonchev–Trinajstić information content (AvgIpc) is 3.28. The Morgan fingerprint density at radius 1 is 1.28 bits per heavy atom. The van der Waals surface area contributed by atoms with E-state index in [0.29, 0.717) is 30.4 Å². The first kappa shape index (κ1) is 21.9. The molecule has 2 aliphatic heterocycles. The van der Waals surface area contributed by atoms with Gasteiger partial charge in [-0.1, -0.05) is 27.2 Å². The average molecular weight is 426 g/mol. The van der Waals surface area contributed by atoms with Crippen LogP contribution in [0.4, 0.5) is 4.79 Å². The number of rotatable bonds is 5. The van der Waals surface area contributed by atoms with E-state index < -0.39 is 29.5 Å². The van der Waals surface area contributed by atoms with Gasteiger partial charge in [0.1, 0.15) is 18.1 Å². The number of nitrogens with zero attached hydrogens (tertiary/aromatic N) is 2. The van der Waals surface area contributed by atoms with Crippen LogP contribution in [0.5, 0.6) is 0 Å². The third-order valence-electron chi connectivity index (χ3n) is 7.07. The molecule has 29 heavy (non-hydrogen) atoms. The molecule has 162 valence electrons. The van der Waals surface area contributed by atoms with Crippen LogP contribution in [0.2, 0.25) is 0 Å². The molecule has 1 aliphatic carbocycles. The number of methoxy groups -OCH3 is 1. The quantitative estimate of drug-likeness (QED) is 0.534. The van der Waals surface area contributed by atoms with Crippen molar-refractivity contribution in [2.75, 3.05) is 25.3 Å². The van der Waals surface area contributed by atoms with Gasteiger partial charge in [-0.05, 0) is 37.0 Å². The van der Waals surface area contributed by atoms with E-state index in [1.165, 1.54) is 23.8 Å². The number of hydrogen-bond acceptors (Lipinski definition) is 6. The van der Waals surface area contributed by atoms with Crippen LogP contribution in [0.3, 0.4) is 0 Å². The van der Waals surface area contributed by atoms with Crippen LogP contribution in [-0.2, 0) is 19.1 Å². The van der Waals surface area contributed by atoms with Crippen LogP contribution in [0, 0.1) is 11.3 Å². The fourth-order valence-electron chi connectivity index (χ4n) is 4.59. The molecule has 1 unspecified atom stereocenters. The smallest absolute Gasteiger partial charge is 0.329 e. The second kappa shape index (κ2) is 8.16. The number of thioether (sulfide) groups is 1. The minimum atomic E-state index is -0.890. The zero-order valence-electron chi connectivity index (χ0n) is 17.7. The molecule has 1 saturated carbocycles. The second-order valence-electron chi connectivity index (χ2n) is 8.92. The summed E-state index contributed by atoms with van der Waals surface area (Å²) in [6.07, 6.45) is 4.02. The van der Waals surface area contributed by atoms with Gasteiger partial charge in [-0.2, -0.15) is 0 Å². The van der Waals surface area contributed by atoms with Crippen LogP contribution in [0.1, 0.15) is 52.9 Å². The van der Waals surface area contributed by atoms with Crippen molar-refractivity contribution in [2.45, 2.75) is 64.5 Å². The molecule has 2 heterocycles. The maximum atomic E-state index is 13.1. The molecular weight excluding hydrogens is 394 g/mol. The summed E-state index contributed by atoms with van der Waals surface area (Å²) in [6, 6.07) is -1.18. The van der Waals surface area contributed by atoms with Crippen molar-refractivity contribution >= 4 is 35.6 Å². The normalized spacial score (nSPS) is 30.1. The summed E-state index contributed by atoms with van der Waals surface area (Å²) in [7, 11) is 1.28. The minimum absolute atomic E-state index is 0.208. The maximum Gasteiger partial charge on any atom is 0.329 e. The topological polar surface area (TPSA) is 96.0 Å². The minimum Gasteiger partial charge on any atom is -0.467 e. The highest BCUT2D eigenvalue weighted by Gasteiger charge is 2.54. The summed E-state index contributed by atoms with van der Waals surface area (Å²) in [5, 5.41) is 2.87. The van der Waals surface area contributed by atoms with Gasteiger partial charge in [-0.3, -0.25) is 14.5 Å². The summed E-state index contributed by atoms with van der Waals surface area (Å²) >= 11 is 1.45. The van der Waals surface area contributed by atoms with Gasteiger partial charge in [0.25, 0.3) is 5.91 Å². The lowest BCUT2D eigenvalue weighted by atomic mass is 9.65. The van der Waals surface area contributed by atoms with Gasteiger partial charge in [-0.25, -0.2) is 9.59 Å². The van der Waals surface area contributed by atoms with E-state index in [0.717, 1.165) is 24.2 Å². The Bertz CT molecular complexity index is 702. The molecule has 1 atom stereocenters. The first-order valence-corrected chi connectivity index (χ1v) is 11.4. The lowest BCUT2D eigenvalue weighted by Crippen LogP contribution is -2.51. The lowest BCUT2D eigenvalue weighted by molar-refractivity contribution is -0.151. The van der Waals surface area contributed by atoms with Gasteiger partial charge in [-0.15, -0.1) is 11.8 Å². The molecule has 0 aromatic heterocycles.